The lowest BCUT2D eigenvalue weighted by atomic mass is 10.00. The zero-order chi connectivity index (χ0) is 17.9. The highest BCUT2D eigenvalue weighted by atomic mass is 32.1. The minimum atomic E-state index is -0.167. The molecule has 3 aromatic rings. The Bertz CT molecular complexity index is 934. The Kier molecular flexibility index (Phi) is 4.81. The van der Waals surface area contributed by atoms with E-state index in [1.165, 1.54) is 33.8 Å². The molecule has 0 radical (unpaired) electrons. The fourth-order valence-electron chi connectivity index (χ4n) is 2.99. The molecule has 0 saturated carbocycles. The summed E-state index contributed by atoms with van der Waals surface area (Å²) < 4.78 is 0. The van der Waals surface area contributed by atoms with Crippen LogP contribution in [0.2, 0.25) is 0 Å². The third-order valence-electron chi connectivity index (χ3n) is 4.33. The molecule has 5 nitrogen and oxygen atoms in total. The van der Waals surface area contributed by atoms with E-state index in [1.54, 1.807) is 6.07 Å². The maximum atomic E-state index is 12.6. The fourth-order valence-corrected chi connectivity index (χ4v) is 4.31. The Morgan fingerprint density at radius 1 is 1.12 bits per heavy atom. The molecule has 0 bridgehead atoms. The standard InChI is InChI=1S/C19H17N3O2S2/c23-17(22-8-7-13-4-1-2-5-14(13)11-22)10-15-12-26-19(20-15)21-18(24)16-6-3-9-25-16/h1-6,9,12H,7-8,10-11H2,(H,20,21,24). The van der Waals surface area contributed by atoms with Crippen molar-refractivity contribution < 1.29 is 9.59 Å². The van der Waals surface area contributed by atoms with E-state index in [4.69, 9.17) is 0 Å². The van der Waals surface area contributed by atoms with E-state index in [1.807, 2.05) is 33.9 Å². The number of thiazole rings is 1. The van der Waals surface area contributed by atoms with Gasteiger partial charge in [-0.3, -0.25) is 14.9 Å². The van der Waals surface area contributed by atoms with E-state index in [0.717, 1.165) is 13.0 Å². The molecule has 7 heteroatoms. The first-order valence-corrected chi connectivity index (χ1v) is 10.1. The van der Waals surface area contributed by atoms with Gasteiger partial charge in [0.25, 0.3) is 5.91 Å². The number of hydrogen-bond donors (Lipinski definition) is 1. The van der Waals surface area contributed by atoms with Crippen LogP contribution < -0.4 is 5.32 Å². The van der Waals surface area contributed by atoms with Crippen LogP contribution in [0.3, 0.4) is 0 Å². The Morgan fingerprint density at radius 2 is 1.96 bits per heavy atom. The largest absolute Gasteiger partial charge is 0.338 e. The maximum Gasteiger partial charge on any atom is 0.267 e. The van der Waals surface area contributed by atoms with Gasteiger partial charge in [0.15, 0.2) is 5.13 Å². The second-order valence-electron chi connectivity index (χ2n) is 6.09. The average Bonchev–Trinajstić information content (AvgIpc) is 3.33. The van der Waals surface area contributed by atoms with Crippen LogP contribution >= 0.6 is 22.7 Å². The number of amides is 2. The van der Waals surface area contributed by atoms with Crippen LogP contribution in [0.25, 0.3) is 0 Å². The van der Waals surface area contributed by atoms with Crippen molar-refractivity contribution in [1.29, 1.82) is 0 Å². The summed E-state index contributed by atoms with van der Waals surface area (Å²) in [5, 5.41) is 7.00. The minimum absolute atomic E-state index is 0.0703. The van der Waals surface area contributed by atoms with Gasteiger partial charge in [0.2, 0.25) is 5.91 Å². The number of fused-ring (bicyclic) bond motifs is 1. The van der Waals surface area contributed by atoms with Crippen LogP contribution in [0.15, 0.2) is 47.2 Å². The lowest BCUT2D eigenvalue weighted by Gasteiger charge is -2.28. The number of hydrogen-bond acceptors (Lipinski definition) is 5. The third kappa shape index (κ3) is 3.68. The van der Waals surface area contributed by atoms with Gasteiger partial charge in [0.05, 0.1) is 17.0 Å². The number of carbonyl (C=O) groups is 2. The van der Waals surface area contributed by atoms with Crippen molar-refractivity contribution in [1.82, 2.24) is 9.88 Å². The van der Waals surface area contributed by atoms with Crippen molar-refractivity contribution in [3.05, 3.63) is 68.9 Å². The predicted molar refractivity (Wildman–Crippen MR) is 104 cm³/mol. The van der Waals surface area contributed by atoms with Crippen molar-refractivity contribution in [2.75, 3.05) is 11.9 Å². The van der Waals surface area contributed by atoms with Crippen molar-refractivity contribution >= 4 is 39.6 Å². The molecule has 1 aliphatic heterocycles. The van der Waals surface area contributed by atoms with E-state index >= 15 is 0 Å². The molecule has 0 spiro atoms. The molecule has 0 fully saturated rings. The van der Waals surface area contributed by atoms with Crippen molar-refractivity contribution in [3.63, 3.8) is 0 Å². The molecular formula is C19H17N3O2S2. The minimum Gasteiger partial charge on any atom is -0.338 e. The summed E-state index contributed by atoms with van der Waals surface area (Å²) in [7, 11) is 0. The first-order valence-electron chi connectivity index (χ1n) is 8.33. The number of nitrogens with one attached hydrogen (secondary N) is 1. The number of rotatable bonds is 4. The summed E-state index contributed by atoms with van der Waals surface area (Å²) in [6.45, 7) is 1.39. The topological polar surface area (TPSA) is 62.3 Å². The van der Waals surface area contributed by atoms with Gasteiger partial charge in [-0.1, -0.05) is 30.3 Å². The molecule has 132 valence electrons. The summed E-state index contributed by atoms with van der Waals surface area (Å²) in [4.78, 5) is 31.6. The van der Waals surface area contributed by atoms with E-state index in [9.17, 15) is 9.59 Å². The van der Waals surface area contributed by atoms with Crippen LogP contribution in [-0.2, 0) is 24.2 Å². The summed E-state index contributed by atoms with van der Waals surface area (Å²) in [5.74, 6) is -0.0965. The number of thiophene rings is 1. The smallest absolute Gasteiger partial charge is 0.267 e. The maximum absolute atomic E-state index is 12.6. The Morgan fingerprint density at radius 3 is 2.77 bits per heavy atom. The highest BCUT2D eigenvalue weighted by Crippen LogP contribution is 2.21. The molecule has 1 aliphatic rings. The zero-order valence-corrected chi connectivity index (χ0v) is 15.6. The predicted octanol–water partition coefficient (Wildman–Crippen LogP) is 3.58. The molecular weight excluding hydrogens is 366 g/mol. The van der Waals surface area contributed by atoms with Crippen LogP contribution in [0.5, 0.6) is 0 Å². The van der Waals surface area contributed by atoms with E-state index in [2.05, 4.69) is 22.4 Å². The Balaban J connectivity index is 1.37. The number of anilines is 1. The zero-order valence-electron chi connectivity index (χ0n) is 14.0. The molecule has 26 heavy (non-hydrogen) atoms. The van der Waals surface area contributed by atoms with Gasteiger partial charge in [-0.2, -0.15) is 0 Å². The SMILES string of the molecule is O=C(Nc1nc(CC(=O)N2CCc3ccccc3C2)cs1)c1cccs1. The fraction of sp³-hybridized carbons (Fsp3) is 0.211. The van der Waals surface area contributed by atoms with E-state index < -0.39 is 0 Å². The van der Waals surface area contributed by atoms with Gasteiger partial charge < -0.3 is 4.90 Å². The van der Waals surface area contributed by atoms with Crippen molar-refractivity contribution in [2.45, 2.75) is 19.4 Å². The molecule has 2 aromatic heterocycles. The Hall–Kier alpha value is -2.51. The number of aromatic nitrogens is 1. The second-order valence-corrected chi connectivity index (χ2v) is 7.89. The van der Waals surface area contributed by atoms with Crippen LogP contribution in [-0.4, -0.2) is 28.2 Å². The summed E-state index contributed by atoms with van der Waals surface area (Å²) in [6.07, 6.45) is 1.15. The molecule has 4 rings (SSSR count). The average molecular weight is 383 g/mol. The molecule has 0 atom stereocenters. The molecule has 0 saturated heterocycles. The second kappa shape index (κ2) is 7.39. The molecule has 1 N–H and O–H groups in total. The van der Waals surface area contributed by atoms with Crippen molar-refractivity contribution in [2.24, 2.45) is 0 Å². The summed E-state index contributed by atoms with van der Waals surface area (Å²) in [5.41, 5.74) is 3.23. The molecule has 0 unspecified atom stereocenters. The molecule has 3 heterocycles. The molecule has 1 aromatic carbocycles. The van der Waals surface area contributed by atoms with Crippen molar-refractivity contribution in [3.8, 4) is 0 Å². The first-order chi connectivity index (χ1) is 12.7. The van der Waals surface area contributed by atoms with E-state index in [-0.39, 0.29) is 18.2 Å². The normalized spacial score (nSPS) is 13.3. The lowest BCUT2D eigenvalue weighted by molar-refractivity contribution is -0.131. The summed E-state index contributed by atoms with van der Waals surface area (Å²) in [6, 6.07) is 11.9. The molecule has 2 amide bonds. The van der Waals surface area contributed by atoms with E-state index in [0.29, 0.717) is 22.2 Å². The lowest BCUT2D eigenvalue weighted by Crippen LogP contribution is -2.36. The van der Waals surface area contributed by atoms with Gasteiger partial charge in [-0.25, -0.2) is 4.98 Å². The van der Waals surface area contributed by atoms with Gasteiger partial charge in [0.1, 0.15) is 0 Å². The van der Waals surface area contributed by atoms with Gasteiger partial charge in [-0.15, -0.1) is 22.7 Å². The number of benzene rings is 1. The molecule has 0 aliphatic carbocycles. The first kappa shape index (κ1) is 16.9. The van der Waals surface area contributed by atoms with Crippen LogP contribution in [0.1, 0.15) is 26.5 Å². The quantitative estimate of drug-likeness (QED) is 0.749. The van der Waals surface area contributed by atoms with Crippen LogP contribution in [0.4, 0.5) is 5.13 Å². The summed E-state index contributed by atoms with van der Waals surface area (Å²) >= 11 is 2.73. The monoisotopic (exact) mass is 383 g/mol. The van der Waals surface area contributed by atoms with Gasteiger partial charge in [0, 0.05) is 18.5 Å². The van der Waals surface area contributed by atoms with Crippen LogP contribution in [0, 0.1) is 0 Å². The number of nitrogens with zero attached hydrogens (tertiary/aromatic N) is 2. The Labute approximate surface area is 159 Å². The highest BCUT2D eigenvalue weighted by molar-refractivity contribution is 7.14. The third-order valence-corrected chi connectivity index (χ3v) is 6.01. The number of carbonyl (C=O) groups excluding carboxylic acids is 2. The van der Waals surface area contributed by atoms with Gasteiger partial charge in [-0.05, 0) is 29.0 Å². The highest BCUT2D eigenvalue weighted by Gasteiger charge is 2.21. The van der Waals surface area contributed by atoms with Gasteiger partial charge >= 0.3 is 0 Å².